The predicted molar refractivity (Wildman–Crippen MR) is 74.8 cm³/mol. The fourth-order valence-electron chi connectivity index (χ4n) is 3.94. The average Bonchev–Trinajstić information content (AvgIpc) is 2.82. The van der Waals surface area contributed by atoms with Crippen LogP contribution >= 0.6 is 0 Å². The average molecular weight is 237 g/mol. The number of hydrogen-bond acceptors (Lipinski definition) is 1. The first kappa shape index (κ1) is 13.4. The SMILES string of the molecule is CC1CCC(C(N)CCC2CCCC2)CC1C. The monoisotopic (exact) mass is 237 g/mol. The molecule has 2 rings (SSSR count). The van der Waals surface area contributed by atoms with E-state index in [0.29, 0.717) is 6.04 Å². The summed E-state index contributed by atoms with van der Waals surface area (Å²) in [7, 11) is 0. The van der Waals surface area contributed by atoms with Crippen LogP contribution in [0, 0.1) is 23.7 Å². The molecule has 0 bridgehead atoms. The molecule has 4 atom stereocenters. The van der Waals surface area contributed by atoms with Crippen LogP contribution in [0.3, 0.4) is 0 Å². The smallest absolute Gasteiger partial charge is 0.00673 e. The molecule has 2 N–H and O–H groups in total. The van der Waals surface area contributed by atoms with Gasteiger partial charge in [-0.15, -0.1) is 0 Å². The van der Waals surface area contributed by atoms with Gasteiger partial charge in [-0.3, -0.25) is 0 Å². The van der Waals surface area contributed by atoms with E-state index < -0.39 is 0 Å². The Morgan fingerprint density at radius 3 is 2.35 bits per heavy atom. The van der Waals surface area contributed by atoms with E-state index in [0.717, 1.165) is 23.7 Å². The maximum Gasteiger partial charge on any atom is 0.00673 e. The second-order valence-electron chi connectivity index (χ2n) is 6.92. The van der Waals surface area contributed by atoms with Crippen LogP contribution in [0.15, 0.2) is 0 Å². The zero-order valence-electron chi connectivity index (χ0n) is 11.8. The lowest BCUT2D eigenvalue weighted by Crippen LogP contribution is -2.35. The highest BCUT2D eigenvalue weighted by molar-refractivity contribution is 4.82. The number of rotatable bonds is 4. The minimum atomic E-state index is 0.491. The molecule has 0 heterocycles. The first-order valence-electron chi connectivity index (χ1n) is 7.92. The molecule has 100 valence electrons. The molecule has 2 aliphatic rings. The number of hydrogen-bond donors (Lipinski definition) is 1. The molecule has 1 nitrogen and oxygen atoms in total. The van der Waals surface area contributed by atoms with E-state index >= 15 is 0 Å². The normalized spacial score (nSPS) is 37.2. The predicted octanol–water partition coefficient (Wildman–Crippen LogP) is 4.36. The summed E-state index contributed by atoms with van der Waals surface area (Å²) in [6, 6.07) is 0.491. The molecule has 17 heavy (non-hydrogen) atoms. The van der Waals surface area contributed by atoms with Crippen molar-refractivity contribution in [2.45, 2.75) is 77.7 Å². The lowest BCUT2D eigenvalue weighted by molar-refractivity contribution is 0.178. The first-order chi connectivity index (χ1) is 8.16. The molecule has 2 saturated carbocycles. The molecular formula is C16H31N. The highest BCUT2D eigenvalue weighted by Gasteiger charge is 2.28. The van der Waals surface area contributed by atoms with Crippen LogP contribution < -0.4 is 5.73 Å². The Morgan fingerprint density at radius 1 is 1.00 bits per heavy atom. The summed E-state index contributed by atoms with van der Waals surface area (Å²) >= 11 is 0. The lowest BCUT2D eigenvalue weighted by Gasteiger charge is -2.35. The van der Waals surface area contributed by atoms with Crippen molar-refractivity contribution in [2.24, 2.45) is 29.4 Å². The summed E-state index contributed by atoms with van der Waals surface area (Å²) in [5, 5.41) is 0. The van der Waals surface area contributed by atoms with Crippen LogP contribution in [-0.2, 0) is 0 Å². The van der Waals surface area contributed by atoms with Gasteiger partial charge >= 0.3 is 0 Å². The van der Waals surface area contributed by atoms with Gasteiger partial charge in [-0.05, 0) is 49.4 Å². The maximum absolute atomic E-state index is 6.43. The van der Waals surface area contributed by atoms with Crippen LogP contribution in [0.4, 0.5) is 0 Å². The van der Waals surface area contributed by atoms with Crippen LogP contribution in [0.2, 0.25) is 0 Å². The van der Waals surface area contributed by atoms with Crippen molar-refractivity contribution < 1.29 is 0 Å². The van der Waals surface area contributed by atoms with Gasteiger partial charge in [0, 0.05) is 6.04 Å². The second-order valence-corrected chi connectivity index (χ2v) is 6.92. The zero-order chi connectivity index (χ0) is 12.3. The summed E-state index contributed by atoms with van der Waals surface area (Å²) in [5.41, 5.74) is 6.43. The van der Waals surface area contributed by atoms with E-state index in [1.807, 2.05) is 0 Å². The van der Waals surface area contributed by atoms with E-state index in [-0.39, 0.29) is 0 Å². The Labute approximate surface area is 108 Å². The molecule has 0 aromatic carbocycles. The highest BCUT2D eigenvalue weighted by atomic mass is 14.7. The van der Waals surface area contributed by atoms with Gasteiger partial charge in [-0.25, -0.2) is 0 Å². The van der Waals surface area contributed by atoms with Gasteiger partial charge in [-0.1, -0.05) is 46.0 Å². The van der Waals surface area contributed by atoms with Gasteiger partial charge in [0.2, 0.25) is 0 Å². The lowest BCUT2D eigenvalue weighted by atomic mass is 9.72. The number of nitrogens with two attached hydrogens (primary N) is 1. The van der Waals surface area contributed by atoms with Gasteiger partial charge in [0.15, 0.2) is 0 Å². The Balaban J connectivity index is 1.70. The summed E-state index contributed by atoms with van der Waals surface area (Å²) in [6.45, 7) is 4.82. The fourth-order valence-corrected chi connectivity index (χ4v) is 3.94. The van der Waals surface area contributed by atoms with E-state index in [9.17, 15) is 0 Å². The molecular weight excluding hydrogens is 206 g/mol. The van der Waals surface area contributed by atoms with Crippen molar-refractivity contribution in [3.8, 4) is 0 Å². The fraction of sp³-hybridized carbons (Fsp3) is 1.00. The Morgan fingerprint density at radius 2 is 1.71 bits per heavy atom. The van der Waals surface area contributed by atoms with Crippen molar-refractivity contribution in [2.75, 3.05) is 0 Å². The molecule has 0 spiro atoms. The van der Waals surface area contributed by atoms with Crippen LogP contribution in [-0.4, -0.2) is 6.04 Å². The van der Waals surface area contributed by atoms with Crippen LogP contribution in [0.5, 0.6) is 0 Å². The van der Waals surface area contributed by atoms with Gasteiger partial charge in [0.1, 0.15) is 0 Å². The highest BCUT2D eigenvalue weighted by Crippen LogP contribution is 2.36. The van der Waals surface area contributed by atoms with Crippen molar-refractivity contribution in [3.63, 3.8) is 0 Å². The van der Waals surface area contributed by atoms with Crippen molar-refractivity contribution in [1.82, 2.24) is 0 Å². The van der Waals surface area contributed by atoms with Crippen molar-refractivity contribution >= 4 is 0 Å². The minimum Gasteiger partial charge on any atom is -0.327 e. The second kappa shape index (κ2) is 6.22. The zero-order valence-corrected chi connectivity index (χ0v) is 11.8. The van der Waals surface area contributed by atoms with Crippen molar-refractivity contribution in [3.05, 3.63) is 0 Å². The standard InChI is InChI=1S/C16H31N/c1-12-7-9-15(11-13(12)2)16(17)10-8-14-5-3-4-6-14/h12-16H,3-11,17H2,1-2H3. The quantitative estimate of drug-likeness (QED) is 0.772. The van der Waals surface area contributed by atoms with E-state index in [2.05, 4.69) is 13.8 Å². The van der Waals surface area contributed by atoms with Gasteiger partial charge in [0.05, 0.1) is 0 Å². The van der Waals surface area contributed by atoms with Gasteiger partial charge in [0.25, 0.3) is 0 Å². The minimum absolute atomic E-state index is 0.491. The third kappa shape index (κ3) is 3.71. The Bertz CT molecular complexity index is 220. The molecule has 0 aliphatic heterocycles. The largest absolute Gasteiger partial charge is 0.327 e. The molecule has 1 heteroatoms. The molecule has 0 aromatic heterocycles. The molecule has 0 radical (unpaired) electrons. The van der Waals surface area contributed by atoms with Gasteiger partial charge in [-0.2, -0.15) is 0 Å². The maximum atomic E-state index is 6.43. The van der Waals surface area contributed by atoms with E-state index in [1.165, 1.54) is 57.8 Å². The third-order valence-electron chi connectivity index (χ3n) is 5.63. The van der Waals surface area contributed by atoms with Gasteiger partial charge < -0.3 is 5.73 Å². The van der Waals surface area contributed by atoms with E-state index in [1.54, 1.807) is 0 Å². The van der Waals surface area contributed by atoms with Crippen LogP contribution in [0.25, 0.3) is 0 Å². The Hall–Kier alpha value is -0.0400. The Kier molecular flexibility index (Phi) is 4.90. The summed E-state index contributed by atoms with van der Waals surface area (Å²) in [4.78, 5) is 0. The van der Waals surface area contributed by atoms with Crippen molar-refractivity contribution in [1.29, 1.82) is 0 Å². The molecule has 2 aliphatic carbocycles. The topological polar surface area (TPSA) is 26.0 Å². The molecule has 2 fully saturated rings. The first-order valence-corrected chi connectivity index (χ1v) is 7.92. The molecule has 4 unspecified atom stereocenters. The summed E-state index contributed by atoms with van der Waals surface area (Å²) < 4.78 is 0. The summed E-state index contributed by atoms with van der Waals surface area (Å²) in [5.74, 6) is 3.66. The van der Waals surface area contributed by atoms with E-state index in [4.69, 9.17) is 5.73 Å². The molecule has 0 aromatic rings. The van der Waals surface area contributed by atoms with Crippen LogP contribution in [0.1, 0.15) is 71.6 Å². The third-order valence-corrected chi connectivity index (χ3v) is 5.63. The molecule has 0 amide bonds. The summed E-state index contributed by atoms with van der Waals surface area (Å²) in [6.07, 6.45) is 12.8. The molecule has 0 saturated heterocycles.